The first-order chi connectivity index (χ1) is 7.44. The third kappa shape index (κ3) is 4.00. The number of nitrogens with zero attached hydrogens (tertiary/aromatic N) is 1. The zero-order chi connectivity index (χ0) is 12.2. The second kappa shape index (κ2) is 5.53. The van der Waals surface area contributed by atoms with Gasteiger partial charge in [-0.3, -0.25) is 4.90 Å². The lowest BCUT2D eigenvalue weighted by Gasteiger charge is -2.30. The second-order valence-corrected chi connectivity index (χ2v) is 5.31. The molecule has 0 spiro atoms. The first-order valence-corrected chi connectivity index (χ1v) is 5.92. The third-order valence-electron chi connectivity index (χ3n) is 2.66. The molecule has 94 valence electrons. The maximum atomic E-state index is 12.0. The van der Waals surface area contributed by atoms with E-state index in [0.717, 1.165) is 12.8 Å². The fourth-order valence-corrected chi connectivity index (χ4v) is 1.98. The van der Waals surface area contributed by atoms with Crippen LogP contribution in [0.1, 0.15) is 46.5 Å². The number of hydrogen-bond acceptors (Lipinski definition) is 3. The number of hydrogen-bond donors (Lipinski definition) is 0. The molecule has 16 heavy (non-hydrogen) atoms. The average Bonchev–Trinajstić information content (AvgIpc) is 2.63. The zero-order valence-corrected chi connectivity index (χ0v) is 10.8. The highest BCUT2D eigenvalue weighted by Crippen LogP contribution is 2.24. The SMILES string of the molecule is COCN(C(=O)OC(C)(C)C)C1CCCC1. The Bertz CT molecular complexity index is 229. The lowest BCUT2D eigenvalue weighted by molar-refractivity contribution is -0.0160. The molecule has 0 saturated heterocycles. The minimum atomic E-state index is -0.443. The molecule has 0 aromatic rings. The van der Waals surface area contributed by atoms with Gasteiger partial charge in [0, 0.05) is 13.2 Å². The van der Waals surface area contributed by atoms with Crippen LogP contribution in [-0.2, 0) is 9.47 Å². The van der Waals surface area contributed by atoms with E-state index in [-0.39, 0.29) is 12.1 Å². The third-order valence-corrected chi connectivity index (χ3v) is 2.66. The van der Waals surface area contributed by atoms with Gasteiger partial charge in [-0.1, -0.05) is 12.8 Å². The number of carbonyl (C=O) groups excluding carboxylic acids is 1. The van der Waals surface area contributed by atoms with Crippen molar-refractivity contribution < 1.29 is 14.3 Å². The number of carbonyl (C=O) groups is 1. The van der Waals surface area contributed by atoms with Crippen LogP contribution in [0.3, 0.4) is 0 Å². The Hall–Kier alpha value is -0.770. The molecule has 1 saturated carbocycles. The second-order valence-electron chi connectivity index (χ2n) is 5.31. The lowest BCUT2D eigenvalue weighted by atomic mass is 10.2. The van der Waals surface area contributed by atoms with E-state index in [4.69, 9.17) is 9.47 Å². The molecule has 0 bridgehead atoms. The zero-order valence-electron chi connectivity index (χ0n) is 10.8. The highest BCUT2D eigenvalue weighted by molar-refractivity contribution is 5.68. The summed E-state index contributed by atoms with van der Waals surface area (Å²) in [5.41, 5.74) is -0.443. The molecule has 0 aliphatic heterocycles. The number of rotatable bonds is 3. The van der Waals surface area contributed by atoms with Crippen LogP contribution in [0.15, 0.2) is 0 Å². The summed E-state index contributed by atoms with van der Waals surface area (Å²) < 4.78 is 10.4. The maximum absolute atomic E-state index is 12.0. The van der Waals surface area contributed by atoms with Crippen molar-refractivity contribution >= 4 is 6.09 Å². The summed E-state index contributed by atoms with van der Waals surface area (Å²) in [4.78, 5) is 13.7. The van der Waals surface area contributed by atoms with Crippen molar-refractivity contribution in [2.24, 2.45) is 0 Å². The van der Waals surface area contributed by atoms with Gasteiger partial charge >= 0.3 is 6.09 Å². The smallest absolute Gasteiger partial charge is 0.412 e. The van der Waals surface area contributed by atoms with Crippen molar-refractivity contribution in [3.05, 3.63) is 0 Å². The molecule has 1 rings (SSSR count). The minimum Gasteiger partial charge on any atom is -0.444 e. The first-order valence-electron chi connectivity index (χ1n) is 5.92. The van der Waals surface area contributed by atoms with E-state index >= 15 is 0 Å². The molecule has 4 nitrogen and oxygen atoms in total. The minimum absolute atomic E-state index is 0.263. The molecular weight excluding hydrogens is 206 g/mol. The molecular formula is C12H23NO3. The van der Waals surface area contributed by atoms with E-state index in [1.165, 1.54) is 12.8 Å². The van der Waals surface area contributed by atoms with Gasteiger partial charge < -0.3 is 9.47 Å². The molecule has 0 radical (unpaired) electrons. The Morgan fingerprint density at radius 2 is 1.88 bits per heavy atom. The van der Waals surface area contributed by atoms with Crippen LogP contribution in [0.4, 0.5) is 4.79 Å². The molecule has 0 aromatic carbocycles. The van der Waals surface area contributed by atoms with Gasteiger partial charge in [0.05, 0.1) is 0 Å². The topological polar surface area (TPSA) is 38.8 Å². The van der Waals surface area contributed by atoms with E-state index in [0.29, 0.717) is 6.73 Å². The van der Waals surface area contributed by atoms with Crippen LogP contribution in [0, 0.1) is 0 Å². The summed E-state index contributed by atoms with van der Waals surface area (Å²) in [5.74, 6) is 0. The van der Waals surface area contributed by atoms with Crippen molar-refractivity contribution in [3.63, 3.8) is 0 Å². The van der Waals surface area contributed by atoms with Crippen LogP contribution in [-0.4, -0.2) is 36.5 Å². The fraction of sp³-hybridized carbons (Fsp3) is 0.917. The van der Waals surface area contributed by atoms with E-state index in [2.05, 4.69) is 0 Å². The fourth-order valence-electron chi connectivity index (χ4n) is 1.98. The van der Waals surface area contributed by atoms with Crippen LogP contribution >= 0.6 is 0 Å². The van der Waals surface area contributed by atoms with Gasteiger partial charge in [-0.15, -0.1) is 0 Å². The Balaban J connectivity index is 2.57. The van der Waals surface area contributed by atoms with Crippen LogP contribution in [0.5, 0.6) is 0 Å². The van der Waals surface area contributed by atoms with Gasteiger partial charge in [0.1, 0.15) is 12.3 Å². The van der Waals surface area contributed by atoms with Gasteiger partial charge in [-0.2, -0.15) is 0 Å². The summed E-state index contributed by atoms with van der Waals surface area (Å²) in [6, 6.07) is 0.287. The Kier molecular flexibility index (Phi) is 4.59. The summed E-state index contributed by atoms with van der Waals surface area (Å²) in [6.07, 6.45) is 4.23. The molecule has 1 amide bonds. The number of amides is 1. The van der Waals surface area contributed by atoms with Crippen molar-refractivity contribution in [1.29, 1.82) is 0 Å². The summed E-state index contributed by atoms with van der Waals surface area (Å²) in [6.45, 7) is 5.96. The van der Waals surface area contributed by atoms with E-state index in [9.17, 15) is 4.79 Å². The van der Waals surface area contributed by atoms with Gasteiger partial charge in [0.25, 0.3) is 0 Å². The maximum Gasteiger partial charge on any atom is 0.412 e. The number of ether oxygens (including phenoxy) is 2. The quantitative estimate of drug-likeness (QED) is 0.698. The van der Waals surface area contributed by atoms with E-state index < -0.39 is 5.60 Å². The molecule has 0 unspecified atom stereocenters. The lowest BCUT2D eigenvalue weighted by Crippen LogP contribution is -2.43. The highest BCUT2D eigenvalue weighted by atomic mass is 16.6. The first kappa shape index (κ1) is 13.3. The van der Waals surface area contributed by atoms with Gasteiger partial charge in [-0.05, 0) is 33.6 Å². The van der Waals surface area contributed by atoms with Crippen LogP contribution in [0.25, 0.3) is 0 Å². The molecule has 0 atom stereocenters. The molecule has 0 aromatic heterocycles. The summed E-state index contributed by atoms with van der Waals surface area (Å²) in [7, 11) is 1.60. The van der Waals surface area contributed by atoms with E-state index in [1.807, 2.05) is 20.8 Å². The van der Waals surface area contributed by atoms with Crippen molar-refractivity contribution in [1.82, 2.24) is 4.90 Å². The molecule has 0 N–H and O–H groups in total. The molecule has 0 heterocycles. The van der Waals surface area contributed by atoms with Crippen molar-refractivity contribution in [2.45, 2.75) is 58.1 Å². The molecule has 4 heteroatoms. The van der Waals surface area contributed by atoms with Crippen molar-refractivity contribution in [2.75, 3.05) is 13.8 Å². The van der Waals surface area contributed by atoms with Gasteiger partial charge in [0.2, 0.25) is 0 Å². The summed E-state index contributed by atoms with van der Waals surface area (Å²) >= 11 is 0. The predicted molar refractivity (Wildman–Crippen MR) is 62.2 cm³/mol. The monoisotopic (exact) mass is 229 g/mol. The molecule has 1 aliphatic rings. The number of methoxy groups -OCH3 is 1. The Morgan fingerprint density at radius 1 is 1.31 bits per heavy atom. The molecule has 1 fully saturated rings. The van der Waals surface area contributed by atoms with Crippen molar-refractivity contribution in [3.8, 4) is 0 Å². The van der Waals surface area contributed by atoms with Crippen LogP contribution < -0.4 is 0 Å². The Labute approximate surface area is 97.9 Å². The average molecular weight is 229 g/mol. The predicted octanol–water partition coefficient (Wildman–Crippen LogP) is 2.77. The van der Waals surface area contributed by atoms with E-state index in [1.54, 1.807) is 12.0 Å². The Morgan fingerprint density at radius 3 is 2.31 bits per heavy atom. The molecule has 1 aliphatic carbocycles. The summed E-state index contributed by atoms with van der Waals surface area (Å²) in [5, 5.41) is 0. The highest BCUT2D eigenvalue weighted by Gasteiger charge is 2.29. The largest absolute Gasteiger partial charge is 0.444 e. The normalized spacial score (nSPS) is 17.5. The van der Waals surface area contributed by atoms with Gasteiger partial charge in [-0.25, -0.2) is 4.79 Å². The standard InChI is InChI=1S/C12H23NO3/c1-12(2,3)16-11(14)13(9-15-4)10-7-5-6-8-10/h10H,5-9H2,1-4H3. The van der Waals surface area contributed by atoms with Gasteiger partial charge in [0.15, 0.2) is 0 Å². The van der Waals surface area contributed by atoms with Crippen LogP contribution in [0.2, 0.25) is 0 Å².